The van der Waals surface area contributed by atoms with Gasteiger partial charge in [-0.3, -0.25) is 0 Å². The molecule has 0 radical (unpaired) electrons. The minimum absolute atomic E-state index is 0.214. The molecule has 6 aliphatic rings. The Morgan fingerprint density at radius 1 is 0.610 bits per heavy atom. The Morgan fingerprint density at radius 2 is 1.17 bits per heavy atom. The first-order chi connectivity index (χ1) is 20.1. The topological polar surface area (TPSA) is 55.8 Å². The van der Waals surface area contributed by atoms with Gasteiger partial charge in [-0.15, -0.1) is 0 Å². The lowest BCUT2D eigenvalue weighted by Crippen LogP contribution is -2.10. The Balaban J connectivity index is 1.73. The molecule has 0 amide bonds. The third kappa shape index (κ3) is 4.78. The molecule has 0 heterocycles. The second kappa shape index (κ2) is 11.2. The molecule has 0 bridgehead atoms. The normalized spacial score (nSPS) is 12.0. The lowest BCUT2D eigenvalue weighted by molar-refractivity contribution is 0.0525. The molecule has 4 nitrogen and oxygen atoms in total. The van der Waals surface area contributed by atoms with E-state index in [0.717, 1.165) is 44.2 Å². The van der Waals surface area contributed by atoms with E-state index in [9.17, 15) is 9.90 Å². The number of ether oxygens (including phenoxy) is 2. The number of rotatable bonds is 6. The summed E-state index contributed by atoms with van der Waals surface area (Å²) >= 11 is 0. The highest BCUT2D eigenvalue weighted by Crippen LogP contribution is 2.39. The van der Waals surface area contributed by atoms with E-state index >= 15 is 0 Å². The molecule has 6 aliphatic carbocycles. The quantitative estimate of drug-likeness (QED) is 0.240. The van der Waals surface area contributed by atoms with E-state index in [1.807, 2.05) is 30.3 Å². The highest BCUT2D eigenvalue weighted by Gasteiger charge is 2.19. The van der Waals surface area contributed by atoms with Gasteiger partial charge in [-0.05, 0) is 74.5 Å². The number of fused-ring (bicyclic) bond motifs is 2. The summed E-state index contributed by atoms with van der Waals surface area (Å²) in [5, 5.41) is 13.6. The maximum Gasteiger partial charge on any atom is 0.338 e. The number of carbonyl (C=O) groups excluding carboxylic acids is 1. The zero-order valence-corrected chi connectivity index (χ0v) is 23.1. The average Bonchev–Trinajstić information content (AvgIpc) is 3.45. The third-order valence-corrected chi connectivity index (χ3v) is 7.44. The van der Waals surface area contributed by atoms with E-state index in [0.29, 0.717) is 27.8 Å². The fraction of sp³-hybridized carbons (Fsp3) is 0.108. The van der Waals surface area contributed by atoms with Crippen LogP contribution in [-0.4, -0.2) is 24.3 Å². The second-order valence-electron chi connectivity index (χ2n) is 9.81. The lowest BCUT2D eigenvalue weighted by Gasteiger charge is -2.10. The van der Waals surface area contributed by atoms with Gasteiger partial charge in [0, 0.05) is 0 Å². The Kier molecular flexibility index (Phi) is 7.13. The summed E-state index contributed by atoms with van der Waals surface area (Å²) in [6.45, 7) is 4.15. The summed E-state index contributed by atoms with van der Waals surface area (Å²) in [7, 11) is 0. The van der Waals surface area contributed by atoms with E-state index in [4.69, 9.17) is 9.47 Å². The number of hydrogen-bond donors (Lipinski definition) is 1. The van der Waals surface area contributed by atoms with Crippen molar-refractivity contribution < 1.29 is 19.4 Å². The van der Waals surface area contributed by atoms with Crippen molar-refractivity contribution in [3.8, 4) is 22.3 Å². The van der Waals surface area contributed by atoms with Gasteiger partial charge < -0.3 is 14.6 Å². The van der Waals surface area contributed by atoms with Crippen LogP contribution < -0.4 is 10.4 Å². The Bertz CT molecular complexity index is 1930. The smallest absolute Gasteiger partial charge is 0.338 e. The van der Waals surface area contributed by atoms with E-state index in [1.54, 1.807) is 19.9 Å². The van der Waals surface area contributed by atoms with Gasteiger partial charge in [-0.1, -0.05) is 109 Å². The van der Waals surface area contributed by atoms with Gasteiger partial charge in [0.25, 0.3) is 5.95 Å². The molecule has 4 heteroatoms. The monoisotopic (exact) mass is 538 g/mol. The van der Waals surface area contributed by atoms with Crippen molar-refractivity contribution in [2.75, 3.05) is 13.2 Å². The SMILES string of the molecule is CCOC(=O)c1cc(=C(O)OCC)c2ccc(=C(c3ccc4cccccc3-4)c3ccc4cccccc3-4)ccc1=2. The zero-order chi connectivity index (χ0) is 28.3. The summed E-state index contributed by atoms with van der Waals surface area (Å²) in [6.07, 6.45) is 0. The van der Waals surface area contributed by atoms with E-state index in [2.05, 4.69) is 78.9 Å². The van der Waals surface area contributed by atoms with Crippen molar-refractivity contribution in [1.29, 1.82) is 0 Å². The minimum atomic E-state index is -0.436. The predicted molar refractivity (Wildman–Crippen MR) is 162 cm³/mol. The van der Waals surface area contributed by atoms with Gasteiger partial charge in [0.15, 0.2) is 0 Å². The fourth-order valence-electron chi connectivity index (χ4n) is 5.61. The van der Waals surface area contributed by atoms with Gasteiger partial charge in [0.1, 0.15) is 0 Å². The van der Waals surface area contributed by atoms with Crippen LogP contribution in [-0.2, 0) is 9.47 Å². The first-order valence-electron chi connectivity index (χ1n) is 13.9. The molecule has 1 N–H and O–H groups in total. The molecular weight excluding hydrogens is 508 g/mol. The van der Waals surface area contributed by atoms with Gasteiger partial charge in [0.2, 0.25) is 0 Å². The second-order valence-corrected chi connectivity index (χ2v) is 9.81. The highest BCUT2D eigenvalue weighted by atomic mass is 16.6. The molecule has 6 rings (SSSR count). The minimum Gasteiger partial charge on any atom is -0.481 e. The van der Waals surface area contributed by atoms with Crippen LogP contribution in [0.2, 0.25) is 0 Å². The molecule has 41 heavy (non-hydrogen) atoms. The predicted octanol–water partition coefficient (Wildman–Crippen LogP) is 6.71. The van der Waals surface area contributed by atoms with Gasteiger partial charge in [-0.25, -0.2) is 4.79 Å². The molecule has 0 aromatic rings. The van der Waals surface area contributed by atoms with Crippen molar-refractivity contribution in [2.45, 2.75) is 13.8 Å². The number of aliphatic hydroxyl groups excluding tert-OH is 1. The van der Waals surface area contributed by atoms with Crippen LogP contribution >= 0.6 is 0 Å². The summed E-state index contributed by atoms with van der Waals surface area (Å²) in [6, 6.07) is 39.2. The zero-order valence-electron chi connectivity index (χ0n) is 23.1. The molecule has 0 aliphatic heterocycles. The Hall–Kier alpha value is -5.09. The Morgan fingerprint density at radius 3 is 1.76 bits per heavy atom. The van der Waals surface area contributed by atoms with E-state index in [1.165, 1.54) is 0 Å². The summed E-state index contributed by atoms with van der Waals surface area (Å²) in [4.78, 5) is 12.9. The summed E-state index contributed by atoms with van der Waals surface area (Å²) < 4.78 is 10.8. The molecule has 0 fully saturated rings. The first-order valence-corrected chi connectivity index (χ1v) is 13.9. The Labute approximate surface area is 238 Å². The van der Waals surface area contributed by atoms with Crippen LogP contribution in [0.5, 0.6) is 0 Å². The van der Waals surface area contributed by atoms with Crippen LogP contribution in [0.3, 0.4) is 0 Å². The molecule has 0 saturated heterocycles. The number of carbonyl (C=O) groups is 1. The van der Waals surface area contributed by atoms with E-state index < -0.39 is 5.97 Å². The van der Waals surface area contributed by atoms with Crippen molar-refractivity contribution in [3.05, 3.63) is 153 Å². The fourth-order valence-corrected chi connectivity index (χ4v) is 5.61. The van der Waals surface area contributed by atoms with Crippen molar-refractivity contribution in [1.82, 2.24) is 0 Å². The molecule has 0 spiro atoms. The largest absolute Gasteiger partial charge is 0.481 e. The van der Waals surface area contributed by atoms with Crippen LogP contribution in [0.1, 0.15) is 35.3 Å². The maximum atomic E-state index is 12.9. The van der Waals surface area contributed by atoms with Crippen molar-refractivity contribution in [2.24, 2.45) is 0 Å². The van der Waals surface area contributed by atoms with Crippen molar-refractivity contribution in [3.63, 3.8) is 0 Å². The molecule has 202 valence electrons. The number of esters is 1. The standard InChI is InChI=1S/C37H30O4/c1-3-40-36(38)33-23-34(37(39)41-4-2)30-20-18-26(17-19-29(30)33)35(31-21-15-24-11-7-5-9-13-27(24)31)32-22-16-25-12-8-6-10-14-28(25)32/h5-23,38H,3-4H2,1-2H3. The van der Waals surface area contributed by atoms with E-state index in [-0.39, 0.29) is 12.6 Å². The molecule has 0 saturated carbocycles. The third-order valence-electron chi connectivity index (χ3n) is 7.44. The molecule has 0 aromatic heterocycles. The molecule has 0 unspecified atom stereocenters. The van der Waals surface area contributed by atoms with Crippen LogP contribution in [0, 0.1) is 10.4 Å². The summed E-state index contributed by atoms with van der Waals surface area (Å²) in [5.41, 5.74) is 8.34. The lowest BCUT2D eigenvalue weighted by atomic mass is 9.93. The number of hydrogen-bond acceptors (Lipinski definition) is 4. The van der Waals surface area contributed by atoms with Crippen molar-refractivity contribution >= 4 is 17.5 Å². The maximum absolute atomic E-state index is 12.9. The first kappa shape index (κ1) is 26.1. The van der Waals surface area contributed by atoms with Crippen LogP contribution in [0.25, 0.3) is 33.8 Å². The van der Waals surface area contributed by atoms with Crippen LogP contribution in [0.15, 0.2) is 115 Å². The molecule has 0 atom stereocenters. The molecular formula is C37H30O4. The van der Waals surface area contributed by atoms with Crippen LogP contribution in [0.4, 0.5) is 0 Å². The summed E-state index contributed by atoms with van der Waals surface area (Å²) in [5.74, 6) is -0.650. The highest BCUT2D eigenvalue weighted by molar-refractivity contribution is 5.96. The number of aliphatic hydroxyl groups is 1. The van der Waals surface area contributed by atoms with Gasteiger partial charge in [-0.2, -0.15) is 0 Å². The average molecular weight is 539 g/mol. The van der Waals surface area contributed by atoms with Gasteiger partial charge in [0.05, 0.1) is 24.0 Å². The molecule has 0 aromatic carbocycles. The van der Waals surface area contributed by atoms with Gasteiger partial charge >= 0.3 is 5.97 Å².